The number of rotatable bonds is 6. The van der Waals surface area contributed by atoms with Crippen LogP contribution in [0.25, 0.3) is 0 Å². The lowest BCUT2D eigenvalue weighted by atomic mass is 10.1. The van der Waals surface area contributed by atoms with Crippen LogP contribution >= 0.6 is 11.6 Å². The summed E-state index contributed by atoms with van der Waals surface area (Å²) in [5.41, 5.74) is 7.14. The first-order valence-corrected chi connectivity index (χ1v) is 9.82. The van der Waals surface area contributed by atoms with E-state index >= 15 is 0 Å². The molecule has 1 aliphatic rings. The number of halogens is 2. The Morgan fingerprint density at radius 2 is 1.79 bits per heavy atom. The van der Waals surface area contributed by atoms with Crippen molar-refractivity contribution in [3.8, 4) is 0 Å². The first-order valence-electron chi connectivity index (χ1n) is 9.44. The van der Waals surface area contributed by atoms with Gasteiger partial charge >= 0.3 is 0 Å². The standard InChI is InChI=1S/C21H24ClFN4O2/c1-14(21(29)25-18-6-3-15(4-7-18)20(24)28)27-10-8-26(9-11-27)13-16-2-5-17(23)12-19(16)22/h2-7,12,14H,8-11,13H2,1H3,(H2,24,28)(H,25,29). The Balaban J connectivity index is 1.50. The SMILES string of the molecule is CC(C(=O)Nc1ccc(C(N)=O)cc1)N1CCN(Cc2ccc(F)cc2Cl)CC1. The van der Waals surface area contributed by atoms with E-state index in [0.29, 0.717) is 22.8 Å². The summed E-state index contributed by atoms with van der Waals surface area (Å²) in [6.07, 6.45) is 0. The van der Waals surface area contributed by atoms with Gasteiger partial charge < -0.3 is 11.1 Å². The number of piperazine rings is 1. The molecule has 3 N–H and O–H groups in total. The predicted molar refractivity (Wildman–Crippen MR) is 111 cm³/mol. The minimum absolute atomic E-state index is 0.105. The van der Waals surface area contributed by atoms with Gasteiger partial charge in [0.15, 0.2) is 0 Å². The number of carbonyl (C=O) groups excluding carboxylic acids is 2. The van der Waals surface area contributed by atoms with Crippen molar-refractivity contribution in [2.24, 2.45) is 5.73 Å². The van der Waals surface area contributed by atoms with Crippen LogP contribution in [0.2, 0.25) is 5.02 Å². The Morgan fingerprint density at radius 1 is 1.14 bits per heavy atom. The largest absolute Gasteiger partial charge is 0.366 e. The number of nitrogens with two attached hydrogens (primary N) is 1. The number of hydrogen-bond donors (Lipinski definition) is 2. The molecule has 0 radical (unpaired) electrons. The average Bonchev–Trinajstić information content (AvgIpc) is 2.70. The summed E-state index contributed by atoms with van der Waals surface area (Å²) in [5, 5.41) is 3.30. The molecule has 1 heterocycles. The van der Waals surface area contributed by atoms with E-state index in [0.717, 1.165) is 31.7 Å². The maximum atomic E-state index is 13.2. The fourth-order valence-corrected chi connectivity index (χ4v) is 3.56. The van der Waals surface area contributed by atoms with Crippen molar-refractivity contribution >= 4 is 29.1 Å². The van der Waals surface area contributed by atoms with Crippen LogP contribution in [0, 0.1) is 5.82 Å². The molecule has 154 valence electrons. The van der Waals surface area contributed by atoms with Crippen molar-refractivity contribution in [2.75, 3.05) is 31.5 Å². The van der Waals surface area contributed by atoms with E-state index in [-0.39, 0.29) is 17.8 Å². The molecular weight excluding hydrogens is 395 g/mol. The zero-order chi connectivity index (χ0) is 21.0. The number of primary amides is 1. The zero-order valence-electron chi connectivity index (χ0n) is 16.2. The molecule has 0 aromatic heterocycles. The van der Waals surface area contributed by atoms with Crippen LogP contribution in [-0.2, 0) is 11.3 Å². The molecule has 1 aliphatic heterocycles. The van der Waals surface area contributed by atoms with Gasteiger partial charge in [-0.3, -0.25) is 19.4 Å². The highest BCUT2D eigenvalue weighted by Crippen LogP contribution is 2.20. The molecule has 1 atom stereocenters. The lowest BCUT2D eigenvalue weighted by Gasteiger charge is -2.37. The van der Waals surface area contributed by atoms with Gasteiger partial charge in [0, 0.05) is 49.0 Å². The normalized spacial score (nSPS) is 16.4. The van der Waals surface area contributed by atoms with Gasteiger partial charge in [0.25, 0.3) is 0 Å². The highest BCUT2D eigenvalue weighted by atomic mass is 35.5. The smallest absolute Gasteiger partial charge is 0.248 e. The highest BCUT2D eigenvalue weighted by molar-refractivity contribution is 6.31. The van der Waals surface area contributed by atoms with E-state index in [9.17, 15) is 14.0 Å². The van der Waals surface area contributed by atoms with Crippen molar-refractivity contribution in [1.29, 1.82) is 0 Å². The predicted octanol–water partition coefficient (Wildman–Crippen LogP) is 2.72. The fraction of sp³-hybridized carbons (Fsp3) is 0.333. The Labute approximate surface area is 174 Å². The Kier molecular flexibility index (Phi) is 6.84. The molecule has 8 heteroatoms. The molecule has 1 unspecified atom stereocenters. The van der Waals surface area contributed by atoms with Crippen molar-refractivity contribution in [3.63, 3.8) is 0 Å². The van der Waals surface area contributed by atoms with E-state index in [4.69, 9.17) is 17.3 Å². The van der Waals surface area contributed by atoms with Gasteiger partial charge in [-0.15, -0.1) is 0 Å². The minimum Gasteiger partial charge on any atom is -0.366 e. The maximum Gasteiger partial charge on any atom is 0.248 e. The number of hydrogen-bond acceptors (Lipinski definition) is 4. The quantitative estimate of drug-likeness (QED) is 0.756. The monoisotopic (exact) mass is 418 g/mol. The Morgan fingerprint density at radius 3 is 2.38 bits per heavy atom. The molecule has 2 aromatic rings. The number of carbonyl (C=O) groups is 2. The van der Waals surface area contributed by atoms with Crippen LogP contribution < -0.4 is 11.1 Å². The van der Waals surface area contributed by atoms with Crippen LogP contribution in [0.15, 0.2) is 42.5 Å². The molecule has 1 saturated heterocycles. The van der Waals surface area contributed by atoms with Gasteiger partial charge in [-0.2, -0.15) is 0 Å². The van der Waals surface area contributed by atoms with E-state index in [1.165, 1.54) is 12.1 Å². The second-order valence-corrected chi connectivity index (χ2v) is 7.56. The summed E-state index contributed by atoms with van der Waals surface area (Å²) in [4.78, 5) is 28.1. The van der Waals surface area contributed by atoms with Crippen LogP contribution in [0.3, 0.4) is 0 Å². The first-order chi connectivity index (χ1) is 13.8. The number of nitrogens with zero attached hydrogens (tertiary/aromatic N) is 2. The van der Waals surface area contributed by atoms with Crippen molar-refractivity contribution in [3.05, 3.63) is 64.4 Å². The topological polar surface area (TPSA) is 78.7 Å². The van der Waals surface area contributed by atoms with Gasteiger partial charge in [-0.1, -0.05) is 17.7 Å². The van der Waals surface area contributed by atoms with Gasteiger partial charge in [0.2, 0.25) is 11.8 Å². The molecule has 0 bridgehead atoms. The van der Waals surface area contributed by atoms with E-state index in [1.54, 1.807) is 30.3 Å². The molecule has 6 nitrogen and oxygen atoms in total. The first kappa shape index (κ1) is 21.2. The third-order valence-corrected chi connectivity index (χ3v) is 5.53. The molecule has 0 aliphatic carbocycles. The number of amides is 2. The van der Waals surface area contributed by atoms with Gasteiger partial charge in [0.05, 0.1) is 6.04 Å². The van der Waals surface area contributed by atoms with E-state index in [1.807, 2.05) is 6.92 Å². The molecular formula is C21H24ClFN4O2. The molecule has 0 saturated carbocycles. The summed E-state index contributed by atoms with van der Waals surface area (Å²) in [6, 6.07) is 10.7. The lowest BCUT2D eigenvalue weighted by molar-refractivity contribution is -0.121. The van der Waals surface area contributed by atoms with Crippen molar-refractivity contribution in [1.82, 2.24) is 9.80 Å². The van der Waals surface area contributed by atoms with Crippen LogP contribution in [0.1, 0.15) is 22.8 Å². The highest BCUT2D eigenvalue weighted by Gasteiger charge is 2.26. The molecule has 1 fully saturated rings. The second kappa shape index (κ2) is 9.35. The summed E-state index contributed by atoms with van der Waals surface area (Å²) < 4.78 is 13.2. The molecule has 29 heavy (non-hydrogen) atoms. The lowest BCUT2D eigenvalue weighted by Crippen LogP contribution is -2.52. The minimum atomic E-state index is -0.504. The summed E-state index contributed by atoms with van der Waals surface area (Å²) in [6.45, 7) is 5.60. The van der Waals surface area contributed by atoms with Crippen LogP contribution in [0.4, 0.5) is 10.1 Å². The van der Waals surface area contributed by atoms with Crippen molar-refractivity contribution < 1.29 is 14.0 Å². The number of nitrogens with one attached hydrogen (secondary N) is 1. The molecule has 0 spiro atoms. The third kappa shape index (κ3) is 5.53. The summed E-state index contributed by atoms with van der Waals surface area (Å²) >= 11 is 6.12. The van der Waals surface area contributed by atoms with Crippen LogP contribution in [-0.4, -0.2) is 53.8 Å². The van der Waals surface area contributed by atoms with Crippen LogP contribution in [0.5, 0.6) is 0 Å². The molecule has 3 rings (SSSR count). The van der Waals surface area contributed by atoms with E-state index in [2.05, 4.69) is 15.1 Å². The van der Waals surface area contributed by atoms with E-state index < -0.39 is 5.91 Å². The maximum absolute atomic E-state index is 13.2. The summed E-state index contributed by atoms with van der Waals surface area (Å²) in [5.74, 6) is -0.949. The fourth-order valence-electron chi connectivity index (χ4n) is 3.33. The number of anilines is 1. The Hall–Kier alpha value is -2.48. The molecule has 2 amide bonds. The second-order valence-electron chi connectivity index (χ2n) is 7.15. The molecule has 2 aromatic carbocycles. The average molecular weight is 419 g/mol. The van der Waals surface area contributed by atoms with Gasteiger partial charge in [-0.05, 0) is 48.9 Å². The van der Waals surface area contributed by atoms with Gasteiger partial charge in [-0.25, -0.2) is 4.39 Å². The third-order valence-electron chi connectivity index (χ3n) is 5.18. The summed E-state index contributed by atoms with van der Waals surface area (Å²) in [7, 11) is 0. The Bertz CT molecular complexity index is 883. The van der Waals surface area contributed by atoms with Gasteiger partial charge in [0.1, 0.15) is 5.82 Å². The zero-order valence-corrected chi connectivity index (χ0v) is 17.0. The number of benzene rings is 2. The van der Waals surface area contributed by atoms with Crippen molar-refractivity contribution in [2.45, 2.75) is 19.5 Å².